The first-order valence-electron chi connectivity index (χ1n) is 45.7. The molecular weight excluding hydrogens is 1380 g/mol. The van der Waals surface area contributed by atoms with Crippen molar-refractivity contribution in [1.82, 2.24) is 5.32 Å². The molecule has 0 aromatic carbocycles. The van der Waals surface area contributed by atoms with E-state index in [-0.39, 0.29) is 18.9 Å². The maximum atomic E-state index is 13.5. The van der Waals surface area contributed by atoms with Crippen LogP contribution in [0.2, 0.25) is 0 Å². The molecule has 0 saturated carbocycles. The second-order valence-electron chi connectivity index (χ2n) is 32.8. The van der Waals surface area contributed by atoms with Crippen LogP contribution in [0.1, 0.15) is 399 Å². The van der Waals surface area contributed by atoms with E-state index < -0.39 is 124 Å². The summed E-state index contributed by atoms with van der Waals surface area (Å²) in [6.45, 7) is 1.80. The Hall–Kier alpha value is -1.99. The number of ether oxygens (including phenoxy) is 6. The summed E-state index contributed by atoms with van der Waals surface area (Å²) in [6, 6.07) is -0.973. The number of hydrogen-bond donors (Lipinski definition) is 12. The van der Waals surface area contributed by atoms with Gasteiger partial charge in [-0.2, -0.15) is 0 Å². The van der Waals surface area contributed by atoms with Gasteiger partial charge in [0.25, 0.3) is 0 Å². The van der Waals surface area contributed by atoms with Crippen LogP contribution in [0.25, 0.3) is 0 Å². The van der Waals surface area contributed by atoms with Crippen molar-refractivity contribution in [2.45, 2.75) is 503 Å². The van der Waals surface area contributed by atoms with Crippen LogP contribution in [0.4, 0.5) is 0 Å². The van der Waals surface area contributed by atoms with E-state index in [4.69, 9.17) is 28.4 Å². The third-order valence-electron chi connectivity index (χ3n) is 22.9. The fourth-order valence-electron chi connectivity index (χ4n) is 15.6. The molecule has 1 amide bonds. The van der Waals surface area contributed by atoms with E-state index in [0.717, 1.165) is 51.4 Å². The summed E-state index contributed by atoms with van der Waals surface area (Å²) in [6.07, 6.45) is 63.0. The molecule has 109 heavy (non-hydrogen) atoms. The van der Waals surface area contributed by atoms with Gasteiger partial charge in [0, 0.05) is 6.42 Å². The van der Waals surface area contributed by atoms with E-state index in [1.54, 1.807) is 6.08 Å². The molecule has 0 aliphatic carbocycles. The summed E-state index contributed by atoms with van der Waals surface area (Å²) in [7, 11) is 0. The largest absolute Gasteiger partial charge is 0.394 e. The minimum Gasteiger partial charge on any atom is -0.394 e. The van der Waals surface area contributed by atoms with Crippen molar-refractivity contribution in [2.24, 2.45) is 0 Å². The zero-order valence-electron chi connectivity index (χ0n) is 69.3. The summed E-state index contributed by atoms with van der Waals surface area (Å²) >= 11 is 0. The smallest absolute Gasteiger partial charge is 0.220 e. The molecule has 3 aliphatic heterocycles. The molecule has 3 heterocycles. The van der Waals surface area contributed by atoms with E-state index in [0.29, 0.717) is 6.42 Å². The number of aliphatic hydroxyl groups excluding tert-OH is 11. The summed E-state index contributed by atoms with van der Waals surface area (Å²) < 4.78 is 34.5. The first-order valence-corrected chi connectivity index (χ1v) is 45.7. The number of amides is 1. The summed E-state index contributed by atoms with van der Waals surface area (Å²) in [4.78, 5) is 13.5. The highest BCUT2D eigenvalue weighted by Crippen LogP contribution is 2.34. The molecular formula is C90H169NO18. The summed E-state index contributed by atoms with van der Waals surface area (Å²) in [5.74, 6) is -0.266. The van der Waals surface area contributed by atoms with Crippen molar-refractivity contribution >= 4 is 5.91 Å². The highest BCUT2D eigenvalue weighted by atomic mass is 16.8. The average molecular weight is 1550 g/mol. The fraction of sp³-hybridized carbons (Fsp3) is 0.922. The second-order valence-corrected chi connectivity index (χ2v) is 32.8. The van der Waals surface area contributed by atoms with Crippen molar-refractivity contribution < 1.29 is 89.4 Å². The molecule has 17 unspecified atom stereocenters. The Balaban J connectivity index is 1.31. The summed E-state index contributed by atoms with van der Waals surface area (Å²) in [5.41, 5.74) is 0. The van der Waals surface area contributed by atoms with Gasteiger partial charge in [-0.15, -0.1) is 0 Å². The van der Waals surface area contributed by atoms with Gasteiger partial charge in [-0.25, -0.2) is 0 Å². The van der Waals surface area contributed by atoms with Crippen LogP contribution in [0.15, 0.2) is 36.5 Å². The number of allylic oxidation sites excluding steroid dienone is 5. The Kier molecular flexibility index (Phi) is 65.2. The molecule has 642 valence electrons. The standard InChI is InChI=1S/C90H169NO18/c1-3-5-7-9-11-13-15-17-19-21-23-25-27-29-31-32-33-34-35-36-37-38-39-40-42-44-46-48-50-52-54-56-58-60-62-64-66-68-78(96)91-73(74(95)67-65-63-61-59-57-55-53-51-49-47-45-43-41-30-28-26-24-22-20-18-16-14-12-10-8-6-4-2)72-104-88-84(102)81(99)86(76(70-93)106-88)109-90-85(103)82(100)87(77(71-94)107-90)108-89-83(101)80(98)79(97)75(69-92)105-89/h15,17,21,23,65,67,73-77,79-90,92-95,97-103H,3-14,16,18-20,22,24-64,66,68-72H2,1-2H3,(H,91,96)/b17-15-,23-21-,67-65+. The molecule has 12 N–H and O–H groups in total. The number of nitrogens with one attached hydrogen (secondary N) is 1. The van der Waals surface area contributed by atoms with Gasteiger partial charge in [-0.3, -0.25) is 4.79 Å². The lowest BCUT2D eigenvalue weighted by atomic mass is 9.96. The molecule has 0 bridgehead atoms. The topological polar surface area (TPSA) is 307 Å². The Morgan fingerprint density at radius 2 is 0.606 bits per heavy atom. The minimum atomic E-state index is -1.98. The minimum absolute atomic E-state index is 0.248. The molecule has 17 atom stereocenters. The number of unbranched alkanes of at least 4 members (excludes halogenated alkanes) is 55. The highest BCUT2D eigenvalue weighted by Gasteiger charge is 2.54. The Morgan fingerprint density at radius 1 is 0.330 bits per heavy atom. The lowest BCUT2D eigenvalue weighted by Gasteiger charge is -2.48. The van der Waals surface area contributed by atoms with E-state index in [2.05, 4.69) is 43.5 Å². The van der Waals surface area contributed by atoms with Crippen LogP contribution < -0.4 is 5.32 Å². The SMILES string of the molecule is CCCCCCC/C=C\C/C=C\CCCCCCCCCCCCCCCCCCCCCCCCCCCC(=O)NC(COC1OC(CO)C(OC2OC(CO)C(OC3OC(CO)C(O)C(O)C3O)C(O)C2O)C(O)C1O)C(O)/C=C/CCCCCCCCCCCCCCCCCCCCCCCCCCC. The Bertz CT molecular complexity index is 2100. The van der Waals surface area contributed by atoms with Gasteiger partial charge < -0.3 is 89.9 Å². The third-order valence-corrected chi connectivity index (χ3v) is 22.9. The van der Waals surface area contributed by atoms with E-state index in [9.17, 15) is 61.0 Å². The van der Waals surface area contributed by atoms with Crippen LogP contribution >= 0.6 is 0 Å². The lowest BCUT2D eigenvalue weighted by molar-refractivity contribution is -0.379. The number of hydrogen-bond acceptors (Lipinski definition) is 18. The van der Waals surface area contributed by atoms with Gasteiger partial charge in [-0.05, 0) is 51.4 Å². The van der Waals surface area contributed by atoms with Crippen molar-refractivity contribution in [3.8, 4) is 0 Å². The monoisotopic (exact) mass is 1550 g/mol. The van der Waals surface area contributed by atoms with Gasteiger partial charge in [0.1, 0.15) is 73.2 Å². The molecule has 0 aromatic rings. The Morgan fingerprint density at radius 3 is 0.936 bits per heavy atom. The van der Waals surface area contributed by atoms with Crippen molar-refractivity contribution in [1.29, 1.82) is 0 Å². The van der Waals surface area contributed by atoms with E-state index in [1.165, 1.54) is 321 Å². The molecule has 3 aliphatic rings. The maximum Gasteiger partial charge on any atom is 0.220 e. The predicted molar refractivity (Wildman–Crippen MR) is 439 cm³/mol. The molecule has 0 aromatic heterocycles. The van der Waals surface area contributed by atoms with Crippen LogP contribution in [0.5, 0.6) is 0 Å². The molecule has 0 spiro atoms. The van der Waals surface area contributed by atoms with Crippen LogP contribution in [0.3, 0.4) is 0 Å². The summed E-state index contributed by atoms with van der Waals surface area (Å²) in [5, 5.41) is 121. The number of carbonyl (C=O) groups is 1. The molecule has 19 heteroatoms. The highest BCUT2D eigenvalue weighted by molar-refractivity contribution is 5.76. The Labute approximate surface area is 663 Å². The molecule has 3 saturated heterocycles. The fourth-order valence-corrected chi connectivity index (χ4v) is 15.6. The first-order chi connectivity index (χ1) is 53.3. The zero-order chi connectivity index (χ0) is 78.8. The number of rotatable bonds is 75. The van der Waals surface area contributed by atoms with Gasteiger partial charge >= 0.3 is 0 Å². The van der Waals surface area contributed by atoms with E-state index in [1.807, 2.05) is 6.08 Å². The van der Waals surface area contributed by atoms with Gasteiger partial charge in [0.15, 0.2) is 18.9 Å². The molecule has 19 nitrogen and oxygen atoms in total. The molecule has 3 fully saturated rings. The van der Waals surface area contributed by atoms with Crippen LogP contribution in [-0.4, -0.2) is 193 Å². The van der Waals surface area contributed by atoms with Crippen molar-refractivity contribution in [3.63, 3.8) is 0 Å². The number of aliphatic hydroxyl groups is 11. The lowest BCUT2D eigenvalue weighted by Crippen LogP contribution is -2.66. The molecule has 0 radical (unpaired) electrons. The maximum absolute atomic E-state index is 13.5. The molecule has 3 rings (SSSR count). The second kappa shape index (κ2) is 70.2. The predicted octanol–water partition coefficient (Wildman–Crippen LogP) is 17.4. The average Bonchev–Trinajstić information content (AvgIpc) is 0.760. The van der Waals surface area contributed by atoms with E-state index >= 15 is 0 Å². The van der Waals surface area contributed by atoms with Crippen molar-refractivity contribution in [2.75, 3.05) is 26.4 Å². The van der Waals surface area contributed by atoms with Crippen LogP contribution in [-0.2, 0) is 33.2 Å². The number of carbonyl (C=O) groups excluding carboxylic acids is 1. The van der Waals surface area contributed by atoms with Gasteiger partial charge in [-0.1, -0.05) is 378 Å². The normalized spacial score (nSPS) is 25.4. The van der Waals surface area contributed by atoms with Gasteiger partial charge in [0.2, 0.25) is 5.91 Å². The van der Waals surface area contributed by atoms with Crippen LogP contribution in [0, 0.1) is 0 Å². The first kappa shape index (κ1) is 101. The third kappa shape index (κ3) is 49.0. The van der Waals surface area contributed by atoms with Crippen molar-refractivity contribution in [3.05, 3.63) is 36.5 Å². The zero-order valence-corrected chi connectivity index (χ0v) is 69.3. The quantitative estimate of drug-likeness (QED) is 0.0199. The van der Waals surface area contributed by atoms with Gasteiger partial charge in [0.05, 0.1) is 38.6 Å².